The first-order valence-corrected chi connectivity index (χ1v) is 11.2. The Morgan fingerprint density at radius 1 is 1.13 bits per heavy atom. The predicted molar refractivity (Wildman–Crippen MR) is 113 cm³/mol. The molecular weight excluding hydrogens is 407 g/mol. The molecule has 3 aromatic rings. The highest BCUT2D eigenvalue weighted by Gasteiger charge is 2.25. The minimum atomic E-state index is -3.33. The summed E-state index contributed by atoms with van der Waals surface area (Å²) in [6.45, 7) is 3.73. The second-order valence-electron chi connectivity index (χ2n) is 6.91. The van der Waals surface area contributed by atoms with Gasteiger partial charge in [-0.25, -0.2) is 17.6 Å². The van der Waals surface area contributed by atoms with E-state index in [1.165, 1.54) is 24.3 Å². The molecule has 3 rings (SSSR count). The van der Waals surface area contributed by atoms with Crippen LogP contribution >= 0.6 is 0 Å². The van der Waals surface area contributed by atoms with Crippen molar-refractivity contribution in [2.24, 2.45) is 5.73 Å². The standard InChI is InChI=1S/C22H23FN2O4S/c1-4-29-22(26)21(24)19-13-20(15-5-11-18(12-6-15)30(3,27)28)25(14(19)2)17-9-7-16(23)8-10-17/h5-13,21H,4,24H2,1-3H3. The Labute approximate surface area is 175 Å². The number of ether oxygens (including phenoxy) is 1. The van der Waals surface area contributed by atoms with E-state index in [1.54, 1.807) is 37.3 Å². The summed E-state index contributed by atoms with van der Waals surface area (Å²) in [7, 11) is -3.33. The van der Waals surface area contributed by atoms with Crippen molar-refractivity contribution in [3.8, 4) is 16.9 Å². The molecule has 0 aliphatic carbocycles. The van der Waals surface area contributed by atoms with Crippen LogP contribution in [0.4, 0.5) is 4.39 Å². The average molecular weight is 431 g/mol. The molecule has 1 atom stereocenters. The average Bonchev–Trinajstić information content (AvgIpc) is 3.05. The van der Waals surface area contributed by atoms with Gasteiger partial charge in [-0.2, -0.15) is 0 Å². The lowest BCUT2D eigenvalue weighted by Crippen LogP contribution is -2.24. The van der Waals surface area contributed by atoms with E-state index in [0.29, 0.717) is 22.6 Å². The summed E-state index contributed by atoms with van der Waals surface area (Å²) >= 11 is 0. The zero-order valence-corrected chi connectivity index (χ0v) is 17.7. The van der Waals surface area contributed by atoms with Gasteiger partial charge in [-0.15, -0.1) is 0 Å². The molecule has 0 radical (unpaired) electrons. The summed E-state index contributed by atoms with van der Waals surface area (Å²) in [4.78, 5) is 12.4. The molecule has 1 heterocycles. The molecule has 0 bridgehead atoms. The van der Waals surface area contributed by atoms with Gasteiger partial charge < -0.3 is 15.0 Å². The van der Waals surface area contributed by atoms with E-state index in [0.717, 1.165) is 11.8 Å². The minimum absolute atomic E-state index is 0.200. The maximum absolute atomic E-state index is 13.5. The fourth-order valence-corrected chi connectivity index (χ4v) is 3.94. The second kappa shape index (κ2) is 8.41. The lowest BCUT2D eigenvalue weighted by atomic mass is 10.1. The largest absolute Gasteiger partial charge is 0.465 e. The van der Waals surface area contributed by atoms with Crippen LogP contribution in [0.3, 0.4) is 0 Å². The number of carbonyl (C=O) groups excluding carboxylic acids is 1. The van der Waals surface area contributed by atoms with Crippen LogP contribution in [-0.4, -0.2) is 31.8 Å². The molecule has 6 nitrogen and oxygen atoms in total. The molecule has 1 aromatic heterocycles. The third kappa shape index (κ3) is 4.29. The number of rotatable bonds is 6. The van der Waals surface area contributed by atoms with E-state index in [9.17, 15) is 17.6 Å². The molecule has 0 spiro atoms. The molecule has 158 valence electrons. The van der Waals surface area contributed by atoms with E-state index >= 15 is 0 Å². The van der Waals surface area contributed by atoms with Crippen LogP contribution in [-0.2, 0) is 19.4 Å². The molecule has 0 amide bonds. The van der Waals surface area contributed by atoms with Gasteiger partial charge in [0.05, 0.1) is 17.2 Å². The van der Waals surface area contributed by atoms with E-state index in [2.05, 4.69) is 0 Å². The quantitative estimate of drug-likeness (QED) is 0.604. The Balaban J connectivity index is 2.18. The number of aromatic nitrogens is 1. The van der Waals surface area contributed by atoms with Crippen LogP contribution in [0.2, 0.25) is 0 Å². The second-order valence-corrected chi connectivity index (χ2v) is 8.92. The van der Waals surface area contributed by atoms with Crippen molar-refractivity contribution >= 4 is 15.8 Å². The van der Waals surface area contributed by atoms with E-state index in [-0.39, 0.29) is 17.3 Å². The number of nitrogens with two attached hydrogens (primary N) is 1. The smallest absolute Gasteiger partial charge is 0.327 e. The van der Waals surface area contributed by atoms with Crippen LogP contribution in [0.5, 0.6) is 0 Å². The number of halogens is 1. The van der Waals surface area contributed by atoms with Crippen molar-refractivity contribution in [3.05, 3.63) is 71.7 Å². The van der Waals surface area contributed by atoms with E-state index in [1.807, 2.05) is 11.5 Å². The summed E-state index contributed by atoms with van der Waals surface area (Å²) in [5, 5.41) is 0. The highest BCUT2D eigenvalue weighted by Crippen LogP contribution is 2.33. The highest BCUT2D eigenvalue weighted by molar-refractivity contribution is 7.90. The van der Waals surface area contributed by atoms with Crippen molar-refractivity contribution in [2.45, 2.75) is 24.8 Å². The van der Waals surface area contributed by atoms with Gasteiger partial charge in [-0.1, -0.05) is 12.1 Å². The van der Waals surface area contributed by atoms with Crippen LogP contribution in [0.1, 0.15) is 24.2 Å². The number of nitrogens with zero attached hydrogens (tertiary/aromatic N) is 1. The molecule has 0 aliphatic rings. The van der Waals surface area contributed by atoms with Gasteiger partial charge in [-0.05, 0) is 61.9 Å². The van der Waals surface area contributed by atoms with Gasteiger partial charge in [0.1, 0.15) is 11.9 Å². The Hall–Kier alpha value is -2.97. The Morgan fingerprint density at radius 3 is 2.27 bits per heavy atom. The number of carbonyl (C=O) groups is 1. The van der Waals surface area contributed by atoms with Gasteiger partial charge in [-0.3, -0.25) is 0 Å². The third-order valence-corrected chi connectivity index (χ3v) is 5.95. The summed E-state index contributed by atoms with van der Waals surface area (Å²) < 4.78 is 43.9. The van der Waals surface area contributed by atoms with Gasteiger partial charge in [0, 0.05) is 23.2 Å². The topological polar surface area (TPSA) is 91.4 Å². The maximum Gasteiger partial charge on any atom is 0.327 e. The Bertz CT molecular complexity index is 1170. The summed E-state index contributed by atoms with van der Waals surface area (Å²) in [6.07, 6.45) is 1.14. The molecule has 8 heteroatoms. The molecule has 2 N–H and O–H groups in total. The van der Waals surface area contributed by atoms with Crippen molar-refractivity contribution in [3.63, 3.8) is 0 Å². The van der Waals surface area contributed by atoms with Gasteiger partial charge in [0.15, 0.2) is 9.84 Å². The zero-order valence-electron chi connectivity index (χ0n) is 16.9. The lowest BCUT2D eigenvalue weighted by Gasteiger charge is -2.14. The van der Waals surface area contributed by atoms with Crippen LogP contribution in [0.25, 0.3) is 16.9 Å². The summed E-state index contributed by atoms with van der Waals surface area (Å²) in [5.41, 5.74) is 9.50. The van der Waals surface area contributed by atoms with Crippen LogP contribution in [0.15, 0.2) is 59.5 Å². The molecule has 0 aliphatic heterocycles. The first-order chi connectivity index (χ1) is 14.1. The molecule has 0 fully saturated rings. The number of hydrogen-bond acceptors (Lipinski definition) is 5. The molecule has 30 heavy (non-hydrogen) atoms. The molecule has 0 saturated heterocycles. The number of sulfone groups is 1. The van der Waals surface area contributed by atoms with Crippen molar-refractivity contribution in [1.29, 1.82) is 0 Å². The van der Waals surface area contributed by atoms with Crippen molar-refractivity contribution in [1.82, 2.24) is 4.57 Å². The fourth-order valence-electron chi connectivity index (χ4n) is 3.31. The number of benzene rings is 2. The molecular formula is C22H23FN2O4S. The van der Waals surface area contributed by atoms with E-state index in [4.69, 9.17) is 10.5 Å². The summed E-state index contributed by atoms with van der Waals surface area (Å²) in [6, 6.07) is 13.1. The highest BCUT2D eigenvalue weighted by atomic mass is 32.2. The van der Waals surface area contributed by atoms with Crippen LogP contribution < -0.4 is 5.73 Å². The van der Waals surface area contributed by atoms with Crippen LogP contribution in [0, 0.1) is 12.7 Å². The molecule has 1 unspecified atom stereocenters. The Morgan fingerprint density at radius 2 is 1.73 bits per heavy atom. The van der Waals surface area contributed by atoms with Gasteiger partial charge in [0.25, 0.3) is 0 Å². The maximum atomic E-state index is 13.5. The third-order valence-electron chi connectivity index (χ3n) is 4.82. The SMILES string of the molecule is CCOC(=O)C(N)c1cc(-c2ccc(S(C)(=O)=O)cc2)n(-c2ccc(F)cc2)c1C. The Kier molecular flexibility index (Phi) is 6.09. The van der Waals surface area contributed by atoms with E-state index < -0.39 is 21.8 Å². The van der Waals surface area contributed by atoms with Gasteiger partial charge >= 0.3 is 5.97 Å². The molecule has 2 aromatic carbocycles. The van der Waals surface area contributed by atoms with Gasteiger partial charge in [0.2, 0.25) is 0 Å². The number of hydrogen-bond donors (Lipinski definition) is 1. The lowest BCUT2D eigenvalue weighted by molar-refractivity contribution is -0.144. The first-order valence-electron chi connectivity index (χ1n) is 9.34. The monoisotopic (exact) mass is 430 g/mol. The molecule has 0 saturated carbocycles. The zero-order chi connectivity index (χ0) is 22.1. The minimum Gasteiger partial charge on any atom is -0.465 e. The summed E-state index contributed by atoms with van der Waals surface area (Å²) in [5.74, 6) is -0.915. The fraction of sp³-hybridized carbons (Fsp3) is 0.227. The van der Waals surface area contributed by atoms with Crippen molar-refractivity contribution < 1.29 is 22.3 Å². The predicted octanol–water partition coefficient (Wildman–Crippen LogP) is 3.56. The first kappa shape index (κ1) is 21.7. The normalized spacial score (nSPS) is 12.6. The van der Waals surface area contributed by atoms with Crippen molar-refractivity contribution in [2.75, 3.05) is 12.9 Å². The number of esters is 1.